The van der Waals surface area contributed by atoms with Gasteiger partial charge in [0.1, 0.15) is 0 Å². The fourth-order valence-corrected chi connectivity index (χ4v) is 4.21. The van der Waals surface area contributed by atoms with Gasteiger partial charge in [-0.15, -0.1) is 0 Å². The highest BCUT2D eigenvalue weighted by atomic mass is 16.5. The number of carbonyl (C=O) groups is 1. The van der Waals surface area contributed by atoms with Crippen molar-refractivity contribution in [1.82, 2.24) is 20.0 Å². The minimum absolute atomic E-state index is 0.0761. The van der Waals surface area contributed by atoms with Gasteiger partial charge in [0.2, 0.25) is 0 Å². The van der Waals surface area contributed by atoms with E-state index in [1.165, 1.54) is 5.69 Å². The molecule has 156 valence electrons. The molecule has 1 amide bonds. The van der Waals surface area contributed by atoms with Gasteiger partial charge in [0.25, 0.3) is 5.91 Å². The van der Waals surface area contributed by atoms with Crippen molar-refractivity contribution >= 4 is 11.6 Å². The first-order chi connectivity index (χ1) is 14.3. The fraction of sp³-hybridized carbons (Fsp3) is 0.545. The molecule has 29 heavy (non-hydrogen) atoms. The van der Waals surface area contributed by atoms with Gasteiger partial charge < -0.3 is 15.0 Å². The zero-order valence-electron chi connectivity index (χ0n) is 17.3. The Morgan fingerprint density at radius 1 is 1.17 bits per heavy atom. The van der Waals surface area contributed by atoms with Crippen LogP contribution < -0.4 is 10.2 Å². The van der Waals surface area contributed by atoms with Crippen LogP contribution in [0.2, 0.25) is 0 Å². The summed E-state index contributed by atoms with van der Waals surface area (Å²) in [6.07, 6.45) is 1.78. The molecule has 1 aromatic heterocycles. The number of fused-ring (bicyclic) bond motifs is 1. The number of benzene rings is 1. The second-order valence-corrected chi connectivity index (χ2v) is 7.67. The number of anilines is 1. The molecule has 7 heteroatoms. The minimum Gasteiger partial charge on any atom is -0.376 e. The fourth-order valence-electron chi connectivity index (χ4n) is 4.21. The van der Waals surface area contributed by atoms with Crippen LogP contribution in [0.15, 0.2) is 30.3 Å². The Morgan fingerprint density at radius 3 is 2.72 bits per heavy atom. The number of carbonyl (C=O) groups excluding carboxylic acids is 1. The Hall–Kier alpha value is -2.38. The average Bonchev–Trinajstić information content (AvgIpc) is 3.17. The lowest BCUT2D eigenvalue weighted by Gasteiger charge is -2.36. The SMILES string of the molecule is CCn1nc(C(=O)NCCCN2CCN(c3ccccc3)CC2)c2c1CCOC2. The molecule has 0 bridgehead atoms. The normalized spacial score (nSPS) is 17.2. The van der Waals surface area contributed by atoms with Crippen molar-refractivity contribution < 1.29 is 9.53 Å². The third-order valence-electron chi connectivity index (χ3n) is 5.84. The summed E-state index contributed by atoms with van der Waals surface area (Å²) in [5.41, 5.74) is 3.96. The molecule has 1 fully saturated rings. The van der Waals surface area contributed by atoms with Crippen molar-refractivity contribution in [3.05, 3.63) is 47.3 Å². The van der Waals surface area contributed by atoms with Gasteiger partial charge in [0, 0.05) is 62.6 Å². The maximum absolute atomic E-state index is 12.6. The Labute approximate surface area is 172 Å². The molecule has 2 aromatic rings. The summed E-state index contributed by atoms with van der Waals surface area (Å²) >= 11 is 0. The number of para-hydroxylation sites is 1. The lowest BCUT2D eigenvalue weighted by atomic mass is 10.1. The molecule has 0 aliphatic carbocycles. The van der Waals surface area contributed by atoms with Crippen LogP contribution in [0.25, 0.3) is 0 Å². The van der Waals surface area contributed by atoms with Crippen LogP contribution in [-0.4, -0.2) is 66.5 Å². The Kier molecular flexibility index (Phi) is 6.46. The van der Waals surface area contributed by atoms with Crippen LogP contribution in [0, 0.1) is 0 Å². The van der Waals surface area contributed by atoms with E-state index in [4.69, 9.17) is 4.74 Å². The van der Waals surface area contributed by atoms with Crippen LogP contribution in [0.3, 0.4) is 0 Å². The monoisotopic (exact) mass is 397 g/mol. The molecule has 3 heterocycles. The number of rotatable bonds is 7. The number of nitrogens with zero attached hydrogens (tertiary/aromatic N) is 4. The number of amides is 1. The summed E-state index contributed by atoms with van der Waals surface area (Å²) in [4.78, 5) is 17.6. The highest BCUT2D eigenvalue weighted by molar-refractivity contribution is 5.94. The summed E-state index contributed by atoms with van der Waals surface area (Å²) in [7, 11) is 0. The van der Waals surface area contributed by atoms with Crippen LogP contribution in [0.5, 0.6) is 0 Å². The van der Waals surface area contributed by atoms with E-state index in [9.17, 15) is 4.79 Å². The second-order valence-electron chi connectivity index (χ2n) is 7.67. The van der Waals surface area contributed by atoms with Crippen molar-refractivity contribution in [2.24, 2.45) is 0 Å². The Balaban J connectivity index is 1.21. The maximum atomic E-state index is 12.6. The van der Waals surface area contributed by atoms with Gasteiger partial charge in [0.15, 0.2) is 5.69 Å². The van der Waals surface area contributed by atoms with Gasteiger partial charge in [-0.3, -0.25) is 14.4 Å². The minimum atomic E-state index is -0.0761. The maximum Gasteiger partial charge on any atom is 0.272 e. The van der Waals surface area contributed by atoms with Crippen molar-refractivity contribution in [1.29, 1.82) is 0 Å². The third-order valence-corrected chi connectivity index (χ3v) is 5.84. The van der Waals surface area contributed by atoms with Gasteiger partial charge in [-0.2, -0.15) is 5.10 Å². The van der Waals surface area contributed by atoms with Crippen molar-refractivity contribution in [2.45, 2.75) is 32.9 Å². The number of nitrogens with one attached hydrogen (secondary N) is 1. The zero-order chi connectivity index (χ0) is 20.1. The molecule has 0 radical (unpaired) electrons. The molecular formula is C22H31N5O2. The lowest BCUT2D eigenvalue weighted by molar-refractivity contribution is 0.0923. The van der Waals surface area contributed by atoms with E-state index in [1.807, 2.05) is 4.68 Å². The predicted octanol–water partition coefficient (Wildman–Crippen LogP) is 1.92. The van der Waals surface area contributed by atoms with Crippen molar-refractivity contribution in [2.75, 3.05) is 50.8 Å². The van der Waals surface area contributed by atoms with Crippen LogP contribution in [0.1, 0.15) is 35.1 Å². The van der Waals surface area contributed by atoms with Gasteiger partial charge in [-0.1, -0.05) is 18.2 Å². The average molecular weight is 398 g/mol. The first-order valence-corrected chi connectivity index (χ1v) is 10.7. The van der Waals surface area contributed by atoms with Gasteiger partial charge in [-0.25, -0.2) is 0 Å². The number of ether oxygens (including phenoxy) is 1. The van der Waals surface area contributed by atoms with E-state index in [0.29, 0.717) is 25.5 Å². The first kappa shape index (κ1) is 19.9. The van der Waals surface area contributed by atoms with Crippen molar-refractivity contribution in [3.63, 3.8) is 0 Å². The highest BCUT2D eigenvalue weighted by Crippen LogP contribution is 2.21. The molecule has 0 spiro atoms. The molecular weight excluding hydrogens is 366 g/mol. The number of piperazine rings is 1. The van der Waals surface area contributed by atoms with E-state index in [1.54, 1.807) is 0 Å². The van der Waals surface area contributed by atoms with E-state index in [0.717, 1.165) is 63.4 Å². The molecule has 4 rings (SSSR count). The molecule has 2 aliphatic rings. The van der Waals surface area contributed by atoms with E-state index in [-0.39, 0.29) is 5.91 Å². The zero-order valence-corrected chi connectivity index (χ0v) is 17.3. The van der Waals surface area contributed by atoms with Gasteiger partial charge >= 0.3 is 0 Å². The standard InChI is InChI=1S/C22H31N5O2/c1-2-27-20-9-16-29-17-19(20)21(24-27)22(28)23-10-6-11-25-12-14-26(15-13-25)18-7-4-3-5-8-18/h3-5,7-8H,2,6,9-17H2,1H3,(H,23,28). The highest BCUT2D eigenvalue weighted by Gasteiger charge is 2.24. The predicted molar refractivity (Wildman–Crippen MR) is 113 cm³/mol. The topological polar surface area (TPSA) is 62.6 Å². The van der Waals surface area contributed by atoms with Gasteiger partial charge in [0.05, 0.1) is 13.2 Å². The Morgan fingerprint density at radius 2 is 1.97 bits per heavy atom. The molecule has 1 N–H and O–H groups in total. The Bertz CT molecular complexity index is 812. The molecule has 7 nitrogen and oxygen atoms in total. The molecule has 0 saturated carbocycles. The number of aromatic nitrogens is 2. The van der Waals surface area contributed by atoms with Crippen LogP contribution in [-0.2, 0) is 24.3 Å². The van der Waals surface area contributed by atoms with E-state index < -0.39 is 0 Å². The summed E-state index contributed by atoms with van der Waals surface area (Å²) in [6.45, 7) is 9.95. The molecule has 1 saturated heterocycles. The molecule has 0 atom stereocenters. The van der Waals surface area contributed by atoms with E-state index >= 15 is 0 Å². The smallest absolute Gasteiger partial charge is 0.272 e. The first-order valence-electron chi connectivity index (χ1n) is 10.7. The summed E-state index contributed by atoms with van der Waals surface area (Å²) in [5, 5.41) is 7.58. The largest absolute Gasteiger partial charge is 0.376 e. The number of aryl methyl sites for hydroxylation is 1. The lowest BCUT2D eigenvalue weighted by Crippen LogP contribution is -2.47. The second kappa shape index (κ2) is 9.41. The number of hydrogen-bond donors (Lipinski definition) is 1. The third kappa shape index (κ3) is 4.62. The quantitative estimate of drug-likeness (QED) is 0.724. The summed E-state index contributed by atoms with van der Waals surface area (Å²) in [6, 6.07) is 10.6. The summed E-state index contributed by atoms with van der Waals surface area (Å²) < 4.78 is 7.49. The molecule has 0 unspecified atom stereocenters. The van der Waals surface area contributed by atoms with Crippen LogP contribution >= 0.6 is 0 Å². The summed E-state index contributed by atoms with van der Waals surface area (Å²) in [5.74, 6) is -0.0761. The van der Waals surface area contributed by atoms with E-state index in [2.05, 4.69) is 57.5 Å². The molecule has 2 aliphatic heterocycles. The number of hydrogen-bond acceptors (Lipinski definition) is 5. The molecule has 1 aromatic carbocycles. The van der Waals surface area contributed by atoms with Crippen molar-refractivity contribution in [3.8, 4) is 0 Å². The van der Waals surface area contributed by atoms with Crippen LogP contribution in [0.4, 0.5) is 5.69 Å². The van der Waals surface area contributed by atoms with Gasteiger partial charge in [-0.05, 0) is 32.0 Å².